The predicted octanol–water partition coefficient (Wildman–Crippen LogP) is 6.99. The van der Waals surface area contributed by atoms with Crippen molar-refractivity contribution in [2.24, 2.45) is 0 Å². The van der Waals surface area contributed by atoms with Crippen LogP contribution in [-0.4, -0.2) is 31.8 Å². The van der Waals surface area contributed by atoms with Crippen LogP contribution in [0.4, 0.5) is 0 Å². The Kier molecular flexibility index (Phi) is 8.94. The van der Waals surface area contributed by atoms with Gasteiger partial charge in [-0.25, -0.2) is 4.79 Å². The van der Waals surface area contributed by atoms with Crippen molar-refractivity contribution >= 4 is 30.0 Å². The van der Waals surface area contributed by atoms with Gasteiger partial charge in [0.15, 0.2) is 0 Å². The Morgan fingerprint density at radius 2 is 1.73 bits per heavy atom. The molecule has 2 aromatic carbocycles. The molecule has 7 heteroatoms. The number of hydrogen-bond donors (Lipinski definition) is 0. The van der Waals surface area contributed by atoms with Crippen LogP contribution in [0.1, 0.15) is 23.0 Å². The van der Waals surface area contributed by atoms with Gasteiger partial charge in [-0.15, -0.1) is 0 Å². The van der Waals surface area contributed by atoms with E-state index in [1.54, 1.807) is 0 Å². The number of ether oxygens (including phenoxy) is 3. The van der Waals surface area contributed by atoms with E-state index in [9.17, 15) is 4.79 Å². The van der Waals surface area contributed by atoms with Crippen LogP contribution in [0.2, 0.25) is 25.7 Å². The lowest BCUT2D eigenvalue weighted by Crippen LogP contribution is -2.22. The van der Waals surface area contributed by atoms with Crippen LogP contribution in [0.5, 0.6) is 5.75 Å². The van der Waals surface area contributed by atoms with Crippen LogP contribution in [-0.2, 0) is 22.8 Å². The van der Waals surface area contributed by atoms with E-state index in [1.807, 2.05) is 72.3 Å². The number of esters is 1. The largest absolute Gasteiger partial charge is 0.489 e. The fraction of sp³-hybridized carbons (Fsp3) is 0.346. The quantitative estimate of drug-likeness (QED) is 0.152. The van der Waals surface area contributed by atoms with Crippen molar-refractivity contribution in [2.75, 3.05) is 13.2 Å². The van der Waals surface area contributed by atoms with Gasteiger partial charge in [-0.2, -0.15) is 0 Å². The maximum atomic E-state index is 12.9. The molecular weight excluding hydrogens is 498 g/mol. The lowest BCUT2D eigenvalue weighted by molar-refractivity contribution is 0.0474. The van der Waals surface area contributed by atoms with Crippen molar-refractivity contribution in [3.63, 3.8) is 0 Å². The van der Waals surface area contributed by atoms with E-state index in [-0.39, 0.29) is 5.97 Å². The Morgan fingerprint density at radius 1 is 1.03 bits per heavy atom. The van der Waals surface area contributed by atoms with Crippen LogP contribution in [0.25, 0.3) is 11.1 Å². The van der Waals surface area contributed by atoms with Gasteiger partial charge in [0, 0.05) is 30.9 Å². The number of halogens is 1. The van der Waals surface area contributed by atoms with E-state index in [0.29, 0.717) is 32.2 Å². The number of benzene rings is 2. The molecule has 3 rings (SSSR count). The number of aromatic nitrogens is 1. The Morgan fingerprint density at radius 3 is 2.36 bits per heavy atom. The molecule has 0 N–H and O–H groups in total. The number of carbonyl (C=O) groups is 1. The number of nitrogens with zero attached hydrogens (tertiary/aromatic N) is 1. The lowest BCUT2D eigenvalue weighted by atomic mass is 10.1. The van der Waals surface area contributed by atoms with Gasteiger partial charge in [-0.05, 0) is 52.2 Å². The van der Waals surface area contributed by atoms with Crippen molar-refractivity contribution in [2.45, 2.75) is 45.9 Å². The fourth-order valence-electron chi connectivity index (χ4n) is 3.32. The van der Waals surface area contributed by atoms with Gasteiger partial charge in [0.1, 0.15) is 24.8 Å². The summed E-state index contributed by atoms with van der Waals surface area (Å²) in [6.45, 7) is 10.6. The summed E-state index contributed by atoms with van der Waals surface area (Å²) in [5.74, 6) is 0.405. The standard InChI is InChI=1S/C26H32BrNO4Si/c1-5-31-26(29)25-24(23(27)17-28(25)19-30-15-16-33(2,3)4)21-11-13-22(14-12-21)32-18-20-9-7-6-8-10-20/h6-14,17H,5,15-16,18-19H2,1-4H3. The summed E-state index contributed by atoms with van der Waals surface area (Å²) in [6, 6.07) is 18.9. The first-order valence-corrected chi connectivity index (χ1v) is 15.7. The second-order valence-corrected chi connectivity index (χ2v) is 15.5. The molecule has 0 unspecified atom stereocenters. The Bertz CT molecular complexity index is 1040. The third-order valence-corrected chi connectivity index (χ3v) is 7.42. The second-order valence-electron chi connectivity index (χ2n) is 9.04. The lowest BCUT2D eigenvalue weighted by Gasteiger charge is -2.16. The molecular formula is C26H32BrNO4Si. The summed E-state index contributed by atoms with van der Waals surface area (Å²) < 4.78 is 19.8. The first-order valence-electron chi connectivity index (χ1n) is 11.2. The average molecular weight is 531 g/mol. The first kappa shape index (κ1) is 25.3. The molecule has 176 valence electrons. The number of hydrogen-bond acceptors (Lipinski definition) is 4. The highest BCUT2D eigenvalue weighted by atomic mass is 79.9. The summed E-state index contributed by atoms with van der Waals surface area (Å²) in [7, 11) is -1.18. The van der Waals surface area contributed by atoms with Crippen molar-refractivity contribution in [3.8, 4) is 16.9 Å². The van der Waals surface area contributed by atoms with Crippen LogP contribution in [0, 0.1) is 0 Å². The molecule has 5 nitrogen and oxygen atoms in total. The van der Waals surface area contributed by atoms with Crippen molar-refractivity contribution in [1.82, 2.24) is 4.57 Å². The van der Waals surface area contributed by atoms with Crippen LogP contribution < -0.4 is 4.74 Å². The normalized spacial score (nSPS) is 11.4. The third kappa shape index (κ3) is 7.32. The maximum Gasteiger partial charge on any atom is 0.355 e. The molecule has 1 aromatic heterocycles. The Hall–Kier alpha value is -2.35. The molecule has 33 heavy (non-hydrogen) atoms. The van der Waals surface area contributed by atoms with Crippen LogP contribution in [0.15, 0.2) is 65.3 Å². The number of carbonyl (C=O) groups excluding carboxylic acids is 1. The topological polar surface area (TPSA) is 49.7 Å². The van der Waals surface area contributed by atoms with E-state index < -0.39 is 8.07 Å². The van der Waals surface area contributed by atoms with Gasteiger partial charge in [-0.1, -0.05) is 62.1 Å². The van der Waals surface area contributed by atoms with Gasteiger partial charge >= 0.3 is 5.97 Å². The molecule has 0 aliphatic rings. The summed E-state index contributed by atoms with van der Waals surface area (Å²) >= 11 is 3.64. The molecule has 0 aliphatic heterocycles. The highest BCUT2D eigenvalue weighted by Gasteiger charge is 2.23. The highest BCUT2D eigenvalue weighted by Crippen LogP contribution is 2.35. The Balaban J connectivity index is 1.79. The highest BCUT2D eigenvalue weighted by molar-refractivity contribution is 9.10. The minimum absolute atomic E-state index is 0.301. The smallest absolute Gasteiger partial charge is 0.355 e. The zero-order chi connectivity index (χ0) is 23.8. The van der Waals surface area contributed by atoms with Crippen molar-refractivity contribution < 1.29 is 19.0 Å². The van der Waals surface area contributed by atoms with E-state index in [4.69, 9.17) is 14.2 Å². The molecule has 0 aliphatic carbocycles. The SMILES string of the molecule is CCOC(=O)c1c(-c2ccc(OCc3ccccc3)cc2)c(Br)cn1COCC[Si](C)(C)C. The molecule has 0 amide bonds. The Labute approximate surface area is 205 Å². The van der Waals surface area contributed by atoms with E-state index in [1.165, 1.54) is 0 Å². The van der Waals surface area contributed by atoms with Gasteiger partial charge in [0.2, 0.25) is 0 Å². The zero-order valence-electron chi connectivity index (χ0n) is 19.8. The van der Waals surface area contributed by atoms with Crippen LogP contribution in [0.3, 0.4) is 0 Å². The molecule has 3 aromatic rings. The average Bonchev–Trinajstić information content (AvgIpc) is 3.12. The van der Waals surface area contributed by atoms with Crippen molar-refractivity contribution in [1.29, 1.82) is 0 Å². The molecule has 0 saturated heterocycles. The molecule has 0 bridgehead atoms. The second kappa shape index (κ2) is 11.7. The fourth-order valence-corrected chi connectivity index (χ4v) is 4.74. The summed E-state index contributed by atoms with van der Waals surface area (Å²) in [5, 5.41) is 0. The summed E-state index contributed by atoms with van der Waals surface area (Å²) in [4.78, 5) is 12.9. The maximum absolute atomic E-state index is 12.9. The molecule has 0 spiro atoms. The molecule has 0 atom stereocenters. The van der Waals surface area contributed by atoms with Crippen molar-refractivity contribution in [3.05, 3.63) is 76.5 Å². The molecule has 0 saturated carbocycles. The minimum Gasteiger partial charge on any atom is -0.489 e. The van der Waals surface area contributed by atoms with E-state index in [2.05, 4.69) is 35.6 Å². The summed E-state index contributed by atoms with van der Waals surface area (Å²) in [5.41, 5.74) is 3.28. The third-order valence-electron chi connectivity index (χ3n) is 5.12. The predicted molar refractivity (Wildman–Crippen MR) is 138 cm³/mol. The van der Waals surface area contributed by atoms with E-state index in [0.717, 1.165) is 33.0 Å². The van der Waals surface area contributed by atoms with Crippen LogP contribution >= 0.6 is 15.9 Å². The first-order chi connectivity index (χ1) is 15.8. The molecule has 0 radical (unpaired) electrons. The van der Waals surface area contributed by atoms with Gasteiger partial charge in [0.05, 0.1) is 6.61 Å². The molecule has 1 heterocycles. The van der Waals surface area contributed by atoms with Gasteiger partial charge in [-0.3, -0.25) is 0 Å². The van der Waals surface area contributed by atoms with E-state index >= 15 is 0 Å². The number of rotatable bonds is 11. The summed E-state index contributed by atoms with van der Waals surface area (Å²) in [6.07, 6.45) is 1.88. The molecule has 0 fully saturated rings. The van der Waals surface area contributed by atoms with Gasteiger partial charge < -0.3 is 18.8 Å². The monoisotopic (exact) mass is 529 g/mol. The zero-order valence-corrected chi connectivity index (χ0v) is 22.4. The minimum atomic E-state index is -1.18. The van der Waals surface area contributed by atoms with Gasteiger partial charge in [0.25, 0.3) is 0 Å².